The number of aryl methyl sites for hydroxylation is 1. The highest BCUT2D eigenvalue weighted by Crippen LogP contribution is 2.23. The van der Waals surface area contributed by atoms with Crippen molar-refractivity contribution in [1.82, 2.24) is 29.3 Å². The van der Waals surface area contributed by atoms with Crippen LogP contribution in [0.3, 0.4) is 0 Å². The molecule has 13 nitrogen and oxygen atoms in total. The topological polar surface area (TPSA) is 159 Å². The Morgan fingerprint density at radius 1 is 1.10 bits per heavy atom. The first-order valence-corrected chi connectivity index (χ1v) is 18.5. The largest absolute Gasteiger partial charge is 0.411 e. The molecular weight excluding hydrogens is 667 g/mol. The van der Waals surface area contributed by atoms with Crippen LogP contribution in [-0.2, 0) is 27.8 Å². The van der Waals surface area contributed by atoms with Crippen molar-refractivity contribution in [3.8, 4) is 0 Å². The van der Waals surface area contributed by atoms with Crippen molar-refractivity contribution in [3.05, 3.63) is 81.8 Å². The molecular formula is C34H47N7O6S2. The summed E-state index contributed by atoms with van der Waals surface area (Å²) in [6.07, 6.45) is 0.132. The van der Waals surface area contributed by atoms with Crippen molar-refractivity contribution in [3.63, 3.8) is 0 Å². The van der Waals surface area contributed by atoms with Crippen LogP contribution in [0.15, 0.2) is 70.0 Å². The standard InChI is InChI=1S/C34H47N7O6S2/c1-24(2)32(41-18-16-39(34(41)44)21-28-23-48-25(3)36-28)33(43)37-30(19-26-9-7-6-8-10-26)31(42)22-40(17-15-38(4)5)49(46,47)29-13-11-27(12-14-29)20-35-45/h6-14,20,23-24,30-32,42,45H,15-19,21-22H2,1-5H3,(H,37,43)/b35-20+/t30-,31+,32?/m0/s1. The molecule has 3 atom stereocenters. The zero-order valence-corrected chi connectivity index (χ0v) is 30.3. The number of benzene rings is 2. The molecule has 266 valence electrons. The minimum Gasteiger partial charge on any atom is -0.411 e. The van der Waals surface area contributed by atoms with Gasteiger partial charge in [-0.1, -0.05) is 61.5 Å². The van der Waals surface area contributed by atoms with Gasteiger partial charge < -0.3 is 30.3 Å². The molecule has 0 saturated carbocycles. The summed E-state index contributed by atoms with van der Waals surface area (Å²) < 4.78 is 29.0. The predicted octanol–water partition coefficient (Wildman–Crippen LogP) is 2.86. The van der Waals surface area contributed by atoms with Crippen LogP contribution >= 0.6 is 11.3 Å². The number of hydrogen-bond donors (Lipinski definition) is 3. The second-order valence-corrected chi connectivity index (χ2v) is 15.8. The maximum absolute atomic E-state index is 14.1. The minimum atomic E-state index is -4.07. The van der Waals surface area contributed by atoms with Gasteiger partial charge in [-0.2, -0.15) is 4.31 Å². The Bertz CT molecular complexity index is 1670. The van der Waals surface area contributed by atoms with Crippen molar-refractivity contribution < 1.29 is 28.3 Å². The van der Waals surface area contributed by atoms with E-state index in [2.05, 4.69) is 15.5 Å². The number of thiazole rings is 1. The summed E-state index contributed by atoms with van der Waals surface area (Å²) in [7, 11) is -0.421. The van der Waals surface area contributed by atoms with Crippen molar-refractivity contribution in [2.24, 2.45) is 11.1 Å². The number of carbonyl (C=O) groups excluding carboxylic acids is 2. The second-order valence-electron chi connectivity index (χ2n) is 12.8. The molecule has 0 radical (unpaired) electrons. The van der Waals surface area contributed by atoms with Crippen LogP contribution in [0.2, 0.25) is 0 Å². The first-order valence-electron chi connectivity index (χ1n) is 16.2. The third-order valence-electron chi connectivity index (χ3n) is 8.38. The van der Waals surface area contributed by atoms with Crippen LogP contribution in [0, 0.1) is 12.8 Å². The van der Waals surface area contributed by atoms with Gasteiger partial charge in [-0.15, -0.1) is 11.3 Å². The molecule has 3 amide bonds. The molecule has 0 bridgehead atoms. The first-order chi connectivity index (χ1) is 23.3. The number of sulfonamides is 1. The number of rotatable bonds is 17. The second kappa shape index (κ2) is 17.2. The quantitative estimate of drug-likeness (QED) is 0.110. The van der Waals surface area contributed by atoms with E-state index in [1.54, 1.807) is 9.80 Å². The summed E-state index contributed by atoms with van der Waals surface area (Å²) >= 11 is 1.52. The van der Waals surface area contributed by atoms with Gasteiger partial charge in [-0.25, -0.2) is 18.2 Å². The fourth-order valence-electron chi connectivity index (χ4n) is 5.80. The number of nitrogens with zero attached hydrogens (tertiary/aromatic N) is 6. The van der Waals surface area contributed by atoms with Gasteiger partial charge in [-0.05, 0) is 56.6 Å². The molecule has 1 fully saturated rings. The number of likely N-dealkylation sites (N-methyl/N-ethyl adjacent to an activating group) is 1. The highest BCUT2D eigenvalue weighted by molar-refractivity contribution is 7.89. The van der Waals surface area contributed by atoms with Crippen molar-refractivity contribution in [1.29, 1.82) is 0 Å². The molecule has 0 spiro atoms. The van der Waals surface area contributed by atoms with E-state index in [-0.39, 0.29) is 36.4 Å². The average molecular weight is 714 g/mol. The number of aromatic nitrogens is 1. The maximum Gasteiger partial charge on any atom is 0.321 e. The number of amides is 3. The van der Waals surface area contributed by atoms with Gasteiger partial charge in [0.2, 0.25) is 15.9 Å². The fraction of sp³-hybridized carbons (Fsp3) is 0.471. The number of hydrogen-bond acceptors (Lipinski definition) is 10. The van der Waals surface area contributed by atoms with Crippen molar-refractivity contribution in [2.75, 3.05) is 46.8 Å². The molecule has 3 N–H and O–H groups in total. The highest BCUT2D eigenvalue weighted by Gasteiger charge is 2.40. The predicted molar refractivity (Wildman–Crippen MR) is 189 cm³/mol. The van der Waals surface area contributed by atoms with Gasteiger partial charge in [0.1, 0.15) is 6.04 Å². The Morgan fingerprint density at radius 2 is 1.80 bits per heavy atom. The number of aliphatic hydroxyl groups excluding tert-OH is 1. The zero-order chi connectivity index (χ0) is 35.7. The van der Waals surface area contributed by atoms with Crippen LogP contribution in [0.1, 0.15) is 35.7 Å². The zero-order valence-electron chi connectivity index (χ0n) is 28.6. The Hall–Kier alpha value is -3.89. The van der Waals surface area contributed by atoms with Crippen LogP contribution < -0.4 is 5.32 Å². The van der Waals surface area contributed by atoms with Crippen molar-refractivity contribution >= 4 is 39.5 Å². The van der Waals surface area contributed by atoms with Crippen LogP contribution in [0.25, 0.3) is 0 Å². The minimum absolute atomic E-state index is 0.0157. The Labute approximate surface area is 292 Å². The summed E-state index contributed by atoms with van der Waals surface area (Å²) in [6, 6.07) is 13.3. The SMILES string of the molecule is Cc1nc(CN2CCN(C(C(=O)N[C@@H](Cc3ccccc3)[C@H](O)CN(CCN(C)C)S(=O)(=O)c3ccc(/C=N/O)cc3)C(C)C)C2=O)cs1. The summed E-state index contributed by atoms with van der Waals surface area (Å²) in [4.78, 5) is 37.2. The van der Waals surface area contributed by atoms with E-state index in [1.807, 2.05) is 75.5 Å². The molecule has 1 unspecified atom stereocenters. The lowest BCUT2D eigenvalue weighted by Gasteiger charge is -2.34. The molecule has 1 aliphatic heterocycles. The molecule has 1 aromatic heterocycles. The number of carbonyl (C=O) groups is 2. The van der Waals surface area contributed by atoms with E-state index in [0.717, 1.165) is 16.3 Å². The lowest BCUT2D eigenvalue weighted by atomic mass is 9.98. The van der Waals surface area contributed by atoms with E-state index in [0.29, 0.717) is 31.7 Å². The van der Waals surface area contributed by atoms with Gasteiger partial charge in [0.05, 0.1) is 40.5 Å². The van der Waals surface area contributed by atoms with E-state index < -0.39 is 34.1 Å². The molecule has 4 rings (SSSR count). The first kappa shape index (κ1) is 37.9. The Morgan fingerprint density at radius 3 is 2.39 bits per heavy atom. The monoisotopic (exact) mass is 713 g/mol. The maximum atomic E-state index is 14.1. The van der Waals surface area contributed by atoms with Gasteiger partial charge in [0.15, 0.2) is 0 Å². The fourth-order valence-corrected chi connectivity index (χ4v) is 7.86. The number of urea groups is 1. The molecule has 49 heavy (non-hydrogen) atoms. The van der Waals surface area contributed by atoms with E-state index in [1.165, 1.54) is 46.1 Å². The van der Waals surface area contributed by atoms with E-state index >= 15 is 0 Å². The summed E-state index contributed by atoms with van der Waals surface area (Å²) in [5.74, 6) is -0.658. The average Bonchev–Trinajstić information content (AvgIpc) is 3.63. The normalized spacial score (nSPS) is 15.9. The summed E-state index contributed by atoms with van der Waals surface area (Å²) in [5, 5.41) is 29.4. The molecule has 1 aliphatic rings. The molecule has 2 heterocycles. The molecule has 3 aromatic rings. The lowest BCUT2D eigenvalue weighted by Crippen LogP contribution is -2.57. The number of aliphatic hydroxyl groups is 1. The van der Waals surface area contributed by atoms with E-state index in [4.69, 9.17) is 5.21 Å². The molecule has 0 aliphatic carbocycles. The third-order valence-corrected chi connectivity index (χ3v) is 11.1. The highest BCUT2D eigenvalue weighted by atomic mass is 32.2. The molecule has 1 saturated heterocycles. The smallest absolute Gasteiger partial charge is 0.321 e. The van der Waals surface area contributed by atoms with Gasteiger partial charge in [-0.3, -0.25) is 4.79 Å². The summed E-state index contributed by atoms with van der Waals surface area (Å²) in [5.41, 5.74) is 2.17. The van der Waals surface area contributed by atoms with Crippen LogP contribution in [-0.4, -0.2) is 126 Å². The summed E-state index contributed by atoms with van der Waals surface area (Å²) in [6.45, 7) is 7.02. The Kier molecular flexibility index (Phi) is 13.3. The van der Waals surface area contributed by atoms with Crippen LogP contribution in [0.5, 0.6) is 0 Å². The van der Waals surface area contributed by atoms with Crippen LogP contribution in [0.4, 0.5) is 4.79 Å². The van der Waals surface area contributed by atoms with E-state index in [9.17, 15) is 23.1 Å². The third kappa shape index (κ3) is 10.1. The number of oxime groups is 1. The van der Waals surface area contributed by atoms with Crippen molar-refractivity contribution in [2.45, 2.75) is 56.8 Å². The van der Waals surface area contributed by atoms with Gasteiger partial charge in [0, 0.05) is 38.1 Å². The lowest BCUT2D eigenvalue weighted by molar-refractivity contribution is -0.128. The molecule has 15 heteroatoms. The Balaban J connectivity index is 1.57. The van der Waals surface area contributed by atoms with Gasteiger partial charge in [0.25, 0.3) is 0 Å². The molecule has 2 aromatic carbocycles. The number of nitrogens with one attached hydrogen (secondary N) is 1. The van der Waals surface area contributed by atoms with Gasteiger partial charge >= 0.3 is 6.03 Å².